The molecule has 4 nitrogen and oxygen atoms in total. The standard InChI is InChI=1S/C17H20N2O2.ClH/c18-15(13-8-9-13)10-19-17(20)11-21-16-7-3-5-12-4-1-2-6-14(12)16;/h1-7,13,15H,8-11,18H2,(H,19,20);1H. The summed E-state index contributed by atoms with van der Waals surface area (Å²) in [7, 11) is 0. The molecule has 0 radical (unpaired) electrons. The van der Waals surface area contributed by atoms with Gasteiger partial charge in [0, 0.05) is 18.0 Å². The van der Waals surface area contributed by atoms with E-state index in [1.54, 1.807) is 0 Å². The lowest BCUT2D eigenvalue weighted by Gasteiger charge is -2.13. The number of nitrogens with one attached hydrogen (secondary N) is 1. The zero-order valence-electron chi connectivity index (χ0n) is 12.3. The van der Waals surface area contributed by atoms with Gasteiger partial charge in [0.05, 0.1) is 0 Å². The van der Waals surface area contributed by atoms with E-state index in [2.05, 4.69) is 5.32 Å². The van der Waals surface area contributed by atoms with Gasteiger partial charge >= 0.3 is 0 Å². The summed E-state index contributed by atoms with van der Waals surface area (Å²) >= 11 is 0. The first kappa shape index (κ1) is 16.6. The number of carbonyl (C=O) groups is 1. The van der Waals surface area contributed by atoms with Crippen molar-refractivity contribution in [1.29, 1.82) is 0 Å². The third kappa shape index (κ3) is 4.12. The van der Waals surface area contributed by atoms with Gasteiger partial charge in [0.25, 0.3) is 5.91 Å². The highest BCUT2D eigenvalue weighted by Crippen LogP contribution is 2.31. The number of nitrogens with two attached hydrogens (primary N) is 1. The van der Waals surface area contributed by atoms with Crippen molar-refractivity contribution in [3.8, 4) is 5.75 Å². The van der Waals surface area contributed by atoms with Crippen molar-refractivity contribution in [2.24, 2.45) is 11.7 Å². The molecule has 0 aliphatic heterocycles. The maximum atomic E-state index is 11.8. The Labute approximate surface area is 136 Å². The summed E-state index contributed by atoms with van der Waals surface area (Å²) in [6.45, 7) is 0.549. The molecule has 1 aliphatic rings. The zero-order chi connectivity index (χ0) is 14.7. The normalized spacial score (nSPS) is 15.0. The second kappa shape index (κ2) is 7.47. The maximum Gasteiger partial charge on any atom is 0.257 e. The average Bonchev–Trinajstić information content (AvgIpc) is 3.35. The Morgan fingerprint density at radius 3 is 2.73 bits per heavy atom. The summed E-state index contributed by atoms with van der Waals surface area (Å²) in [5.74, 6) is 1.19. The Morgan fingerprint density at radius 1 is 1.23 bits per heavy atom. The monoisotopic (exact) mass is 320 g/mol. The van der Waals surface area contributed by atoms with E-state index < -0.39 is 0 Å². The van der Waals surface area contributed by atoms with Gasteiger partial charge in [-0.1, -0.05) is 36.4 Å². The molecular formula is C17H21ClN2O2. The summed E-state index contributed by atoms with van der Waals surface area (Å²) in [6.07, 6.45) is 2.37. The van der Waals surface area contributed by atoms with Crippen LogP contribution in [-0.4, -0.2) is 25.1 Å². The number of hydrogen-bond donors (Lipinski definition) is 2. The average molecular weight is 321 g/mol. The molecule has 1 fully saturated rings. The van der Waals surface area contributed by atoms with Crippen molar-refractivity contribution in [2.75, 3.05) is 13.2 Å². The minimum Gasteiger partial charge on any atom is -0.483 e. The van der Waals surface area contributed by atoms with E-state index in [1.165, 1.54) is 12.8 Å². The van der Waals surface area contributed by atoms with Crippen LogP contribution in [0.25, 0.3) is 10.8 Å². The van der Waals surface area contributed by atoms with Gasteiger partial charge in [-0.25, -0.2) is 0 Å². The van der Waals surface area contributed by atoms with Gasteiger partial charge in [-0.2, -0.15) is 0 Å². The number of amides is 1. The minimum atomic E-state index is -0.126. The van der Waals surface area contributed by atoms with E-state index in [-0.39, 0.29) is 31.0 Å². The van der Waals surface area contributed by atoms with E-state index in [1.807, 2.05) is 42.5 Å². The van der Waals surface area contributed by atoms with Gasteiger partial charge in [0.1, 0.15) is 5.75 Å². The van der Waals surface area contributed by atoms with Crippen LogP contribution in [0, 0.1) is 5.92 Å². The van der Waals surface area contributed by atoms with Crippen molar-refractivity contribution in [3.05, 3.63) is 42.5 Å². The summed E-state index contributed by atoms with van der Waals surface area (Å²) in [5.41, 5.74) is 5.95. The first-order valence-electron chi connectivity index (χ1n) is 7.37. The van der Waals surface area contributed by atoms with Crippen molar-refractivity contribution in [3.63, 3.8) is 0 Å². The topological polar surface area (TPSA) is 64.3 Å². The van der Waals surface area contributed by atoms with Crippen molar-refractivity contribution in [1.82, 2.24) is 5.32 Å². The Balaban J connectivity index is 0.00000176. The fourth-order valence-electron chi connectivity index (χ4n) is 2.44. The predicted octanol–water partition coefficient (Wildman–Crippen LogP) is 2.49. The van der Waals surface area contributed by atoms with Crippen LogP contribution in [0.1, 0.15) is 12.8 Å². The number of rotatable bonds is 6. The summed E-state index contributed by atoms with van der Waals surface area (Å²) in [4.78, 5) is 11.8. The van der Waals surface area contributed by atoms with Crippen molar-refractivity contribution in [2.45, 2.75) is 18.9 Å². The first-order valence-corrected chi connectivity index (χ1v) is 7.37. The number of halogens is 1. The zero-order valence-corrected chi connectivity index (χ0v) is 13.1. The molecule has 0 bridgehead atoms. The molecule has 5 heteroatoms. The van der Waals surface area contributed by atoms with Gasteiger partial charge in [0.15, 0.2) is 6.61 Å². The highest BCUT2D eigenvalue weighted by Gasteiger charge is 2.28. The number of carbonyl (C=O) groups excluding carboxylic acids is 1. The lowest BCUT2D eigenvalue weighted by atomic mass is 10.1. The van der Waals surface area contributed by atoms with Crippen LogP contribution >= 0.6 is 12.4 Å². The van der Waals surface area contributed by atoms with E-state index in [0.29, 0.717) is 12.5 Å². The smallest absolute Gasteiger partial charge is 0.257 e. The lowest BCUT2D eigenvalue weighted by molar-refractivity contribution is -0.123. The molecule has 2 aromatic carbocycles. The molecular weight excluding hydrogens is 300 g/mol. The Kier molecular flexibility index (Phi) is 5.63. The maximum absolute atomic E-state index is 11.8. The number of benzene rings is 2. The molecule has 3 rings (SSSR count). The van der Waals surface area contributed by atoms with E-state index >= 15 is 0 Å². The predicted molar refractivity (Wildman–Crippen MR) is 90.4 cm³/mol. The summed E-state index contributed by atoms with van der Waals surface area (Å²) in [6, 6.07) is 13.9. The van der Waals surface area contributed by atoms with Crippen LogP contribution in [0.4, 0.5) is 0 Å². The molecule has 0 aromatic heterocycles. The van der Waals surface area contributed by atoms with Gasteiger partial charge in [-0.05, 0) is 30.2 Å². The fraction of sp³-hybridized carbons (Fsp3) is 0.353. The van der Waals surface area contributed by atoms with Crippen LogP contribution in [0.5, 0.6) is 5.75 Å². The molecule has 1 amide bonds. The molecule has 1 unspecified atom stereocenters. The molecule has 3 N–H and O–H groups in total. The second-order valence-electron chi connectivity index (χ2n) is 5.57. The first-order chi connectivity index (χ1) is 10.2. The Hall–Kier alpha value is -1.78. The van der Waals surface area contributed by atoms with E-state index in [9.17, 15) is 4.79 Å². The van der Waals surface area contributed by atoms with E-state index in [0.717, 1.165) is 16.5 Å². The minimum absolute atomic E-state index is 0. The van der Waals surface area contributed by atoms with Crippen LogP contribution in [0.3, 0.4) is 0 Å². The second-order valence-corrected chi connectivity index (χ2v) is 5.57. The molecule has 0 spiro atoms. The van der Waals surface area contributed by atoms with Crippen LogP contribution in [-0.2, 0) is 4.79 Å². The number of ether oxygens (including phenoxy) is 1. The van der Waals surface area contributed by atoms with Crippen molar-refractivity contribution >= 4 is 29.1 Å². The van der Waals surface area contributed by atoms with Gasteiger partial charge in [0.2, 0.25) is 0 Å². The summed E-state index contributed by atoms with van der Waals surface area (Å²) in [5, 5.41) is 4.95. The molecule has 0 heterocycles. The van der Waals surface area contributed by atoms with Crippen molar-refractivity contribution < 1.29 is 9.53 Å². The van der Waals surface area contributed by atoms with Crippen LogP contribution in [0.15, 0.2) is 42.5 Å². The Morgan fingerprint density at radius 2 is 1.95 bits per heavy atom. The molecule has 2 aromatic rings. The number of hydrogen-bond acceptors (Lipinski definition) is 3. The molecule has 0 saturated heterocycles. The Bertz CT molecular complexity index is 638. The van der Waals surface area contributed by atoms with Gasteiger partial charge in [-0.3, -0.25) is 4.79 Å². The fourth-order valence-corrected chi connectivity index (χ4v) is 2.44. The third-order valence-electron chi connectivity index (χ3n) is 3.87. The largest absolute Gasteiger partial charge is 0.483 e. The SMILES string of the molecule is Cl.NC(CNC(=O)COc1cccc2ccccc12)C1CC1. The molecule has 1 atom stereocenters. The van der Waals surface area contributed by atoms with Crippen LogP contribution in [0.2, 0.25) is 0 Å². The van der Waals surface area contributed by atoms with Gasteiger partial charge in [-0.15, -0.1) is 12.4 Å². The highest BCUT2D eigenvalue weighted by atomic mass is 35.5. The quantitative estimate of drug-likeness (QED) is 0.859. The van der Waals surface area contributed by atoms with Gasteiger partial charge < -0.3 is 15.8 Å². The molecule has 1 saturated carbocycles. The lowest BCUT2D eigenvalue weighted by Crippen LogP contribution is -2.40. The molecule has 1 aliphatic carbocycles. The summed E-state index contributed by atoms with van der Waals surface area (Å²) < 4.78 is 5.64. The molecule has 118 valence electrons. The number of fused-ring (bicyclic) bond motifs is 1. The molecule has 22 heavy (non-hydrogen) atoms. The van der Waals surface area contributed by atoms with Crippen LogP contribution < -0.4 is 15.8 Å². The van der Waals surface area contributed by atoms with E-state index in [4.69, 9.17) is 10.5 Å². The highest BCUT2D eigenvalue weighted by molar-refractivity contribution is 5.88. The third-order valence-corrected chi connectivity index (χ3v) is 3.87.